The van der Waals surface area contributed by atoms with Crippen molar-refractivity contribution < 1.29 is 8.83 Å². The summed E-state index contributed by atoms with van der Waals surface area (Å²) in [5.74, 6) is -0.959. The van der Waals surface area contributed by atoms with Crippen molar-refractivity contribution in [2.75, 3.05) is 5.33 Å². The van der Waals surface area contributed by atoms with E-state index in [0.717, 1.165) is 33.5 Å². The lowest BCUT2D eigenvalue weighted by atomic mass is 10.1. The number of hydrogen-bond donors (Lipinski definition) is 1. The molecule has 16 nitrogen and oxygen atoms in total. The average Bonchev–Trinajstić information content (AvgIpc) is 3.78. The Kier molecular flexibility index (Phi) is 13.3. The van der Waals surface area contributed by atoms with E-state index in [-0.39, 0.29) is 36.0 Å². The van der Waals surface area contributed by atoms with Gasteiger partial charge in [0.25, 0.3) is 11.1 Å². The van der Waals surface area contributed by atoms with Crippen molar-refractivity contribution in [3.63, 3.8) is 0 Å². The summed E-state index contributed by atoms with van der Waals surface area (Å²) in [6, 6.07) is 18.8. The van der Waals surface area contributed by atoms with E-state index in [9.17, 15) is 19.2 Å². The van der Waals surface area contributed by atoms with E-state index >= 15 is 0 Å². The number of aryl methyl sites for hydroxylation is 5. The Hall–Kier alpha value is -6.04. The standard InChI is InChI=1S/C19H16ClN5O3.C11H9N5O3.C8H8BrCl/c1-12-6-8-21-17-16(12)18(26)24(11-22-17)10-15-23-25(19(27)28-15)9-7-13-2-4-14(20)5-3-13;1-6-2-3-12-9-8(6)10(17)16(5-13-9)4-7-14-15-11(18)19-7;9-6-5-7-1-3-8(10)4-2-7/h2-6,8,11H,7,9-10H2,1H3;2-3,5H,4H2,1H3,(H,15,18);1-4H,5-6H2. The molecule has 0 amide bonds. The molecule has 8 rings (SSSR count). The molecule has 0 atom stereocenters. The lowest BCUT2D eigenvalue weighted by molar-refractivity contribution is 0.434. The van der Waals surface area contributed by atoms with Crippen LogP contribution >= 0.6 is 39.1 Å². The van der Waals surface area contributed by atoms with Crippen LogP contribution in [-0.4, -0.2) is 54.4 Å². The Balaban J connectivity index is 0.000000162. The van der Waals surface area contributed by atoms with Gasteiger partial charge in [0.1, 0.15) is 25.7 Å². The van der Waals surface area contributed by atoms with Crippen molar-refractivity contribution in [3.05, 3.63) is 172 Å². The lowest BCUT2D eigenvalue weighted by Gasteiger charge is -2.05. The van der Waals surface area contributed by atoms with Crippen LogP contribution in [0.4, 0.5) is 0 Å². The predicted molar refractivity (Wildman–Crippen MR) is 217 cm³/mol. The molecule has 57 heavy (non-hydrogen) atoms. The van der Waals surface area contributed by atoms with E-state index < -0.39 is 11.5 Å². The summed E-state index contributed by atoms with van der Waals surface area (Å²) in [4.78, 5) is 64.3. The van der Waals surface area contributed by atoms with Gasteiger partial charge in [-0.15, -0.1) is 10.2 Å². The molecule has 292 valence electrons. The summed E-state index contributed by atoms with van der Waals surface area (Å²) < 4.78 is 13.9. The first-order chi connectivity index (χ1) is 27.5. The molecule has 1 N–H and O–H groups in total. The van der Waals surface area contributed by atoms with E-state index in [0.29, 0.717) is 40.1 Å². The Bertz CT molecular complexity index is 2870. The molecule has 0 aliphatic heterocycles. The minimum Gasteiger partial charge on any atom is -0.390 e. The maximum Gasteiger partial charge on any atom is 0.437 e. The number of fused-ring (bicyclic) bond motifs is 2. The molecule has 0 saturated heterocycles. The molecule has 0 fully saturated rings. The number of aromatic nitrogens is 10. The van der Waals surface area contributed by atoms with Crippen LogP contribution in [0.25, 0.3) is 22.1 Å². The molecule has 8 aromatic rings. The second-order valence-corrected chi connectivity index (χ2v) is 14.1. The van der Waals surface area contributed by atoms with Gasteiger partial charge in [0.15, 0.2) is 11.3 Å². The molecule has 0 aliphatic rings. The highest BCUT2D eigenvalue weighted by molar-refractivity contribution is 9.09. The number of H-pyrrole nitrogens is 1. The van der Waals surface area contributed by atoms with E-state index in [1.807, 2.05) is 50.2 Å². The molecular weight excluding hydrogens is 843 g/mol. The van der Waals surface area contributed by atoms with Crippen LogP contribution in [0.3, 0.4) is 0 Å². The summed E-state index contributed by atoms with van der Waals surface area (Å²) >= 11 is 14.9. The van der Waals surface area contributed by atoms with Crippen LogP contribution < -0.4 is 22.6 Å². The molecule has 2 aromatic carbocycles. The van der Waals surface area contributed by atoms with Crippen LogP contribution in [0.1, 0.15) is 34.0 Å². The van der Waals surface area contributed by atoms with E-state index in [2.05, 4.69) is 51.2 Å². The fourth-order valence-corrected chi connectivity index (χ4v) is 6.21. The maximum absolute atomic E-state index is 12.7. The molecule has 0 spiro atoms. The molecule has 6 heterocycles. The van der Waals surface area contributed by atoms with Gasteiger partial charge in [-0.25, -0.2) is 34.6 Å². The largest absolute Gasteiger partial charge is 0.437 e. The van der Waals surface area contributed by atoms with Crippen LogP contribution in [0.15, 0.2) is 114 Å². The van der Waals surface area contributed by atoms with Crippen LogP contribution in [0.2, 0.25) is 10.0 Å². The van der Waals surface area contributed by atoms with Crippen molar-refractivity contribution >= 4 is 61.2 Å². The Morgan fingerprint density at radius 2 is 1.18 bits per heavy atom. The fourth-order valence-electron chi connectivity index (χ4n) is 5.50. The van der Waals surface area contributed by atoms with Crippen LogP contribution in [0.5, 0.6) is 0 Å². The van der Waals surface area contributed by atoms with Gasteiger partial charge in [0, 0.05) is 27.8 Å². The van der Waals surface area contributed by atoms with E-state index in [4.69, 9.17) is 32.0 Å². The van der Waals surface area contributed by atoms with Gasteiger partial charge in [-0.1, -0.05) is 63.4 Å². The van der Waals surface area contributed by atoms with E-state index in [1.54, 1.807) is 36.7 Å². The number of halogens is 3. The summed E-state index contributed by atoms with van der Waals surface area (Å²) in [6.07, 6.45) is 7.61. The third-order valence-electron chi connectivity index (χ3n) is 8.43. The smallest absolute Gasteiger partial charge is 0.390 e. The Labute approximate surface area is 340 Å². The van der Waals surface area contributed by atoms with Crippen molar-refractivity contribution in [1.82, 2.24) is 49.0 Å². The molecule has 0 unspecified atom stereocenters. The number of aromatic amines is 1. The number of pyridine rings is 2. The van der Waals surface area contributed by atoms with Crippen LogP contribution in [0, 0.1) is 13.8 Å². The number of nitrogens with one attached hydrogen (secondary N) is 1. The van der Waals surface area contributed by atoms with Gasteiger partial charge in [0.05, 0.1) is 17.3 Å². The van der Waals surface area contributed by atoms with E-state index in [1.165, 1.54) is 32.0 Å². The first-order valence-corrected chi connectivity index (χ1v) is 19.1. The topological polar surface area (TPSA) is 202 Å². The number of rotatable bonds is 9. The minimum absolute atomic E-state index is 0.0132. The van der Waals surface area contributed by atoms with Crippen molar-refractivity contribution in [1.29, 1.82) is 0 Å². The third-order valence-corrected chi connectivity index (χ3v) is 9.33. The normalized spacial score (nSPS) is 10.9. The zero-order valence-corrected chi connectivity index (χ0v) is 33.5. The monoisotopic (exact) mass is 874 g/mol. The molecule has 0 radical (unpaired) electrons. The molecule has 0 aliphatic carbocycles. The van der Waals surface area contributed by atoms with Gasteiger partial charge in [-0.2, -0.15) is 4.68 Å². The average molecular weight is 877 g/mol. The molecule has 0 bridgehead atoms. The molecular formula is C38H33BrCl2N10O6. The second kappa shape index (κ2) is 18.7. The summed E-state index contributed by atoms with van der Waals surface area (Å²) in [7, 11) is 0. The Morgan fingerprint density at radius 3 is 1.67 bits per heavy atom. The van der Waals surface area contributed by atoms with Crippen LogP contribution in [-0.2, 0) is 32.5 Å². The van der Waals surface area contributed by atoms with Crippen molar-refractivity contribution in [2.45, 2.75) is 46.3 Å². The molecule has 6 aromatic heterocycles. The summed E-state index contributed by atoms with van der Waals surface area (Å²) in [6.45, 7) is 4.04. The zero-order chi connectivity index (χ0) is 40.5. The SMILES string of the molecule is Cc1ccnc2ncn(Cc3n[nH]c(=O)o3)c(=O)c12.Cc1ccnc2ncn(Cc3nn(CCc4ccc(Cl)cc4)c(=O)o3)c(=O)c12.Clc1ccc(CCBr)cc1. The number of nitrogens with zero attached hydrogens (tertiary/aromatic N) is 9. The number of benzene rings is 2. The van der Waals surface area contributed by atoms with Gasteiger partial charge in [-0.05, 0) is 85.3 Å². The first kappa shape index (κ1) is 40.6. The highest BCUT2D eigenvalue weighted by Crippen LogP contribution is 2.13. The lowest BCUT2D eigenvalue weighted by Crippen LogP contribution is -2.22. The van der Waals surface area contributed by atoms with Gasteiger partial charge >= 0.3 is 11.5 Å². The first-order valence-electron chi connectivity index (χ1n) is 17.3. The van der Waals surface area contributed by atoms with Crippen molar-refractivity contribution in [2.24, 2.45) is 0 Å². The van der Waals surface area contributed by atoms with Gasteiger partial charge in [-0.3, -0.25) is 18.7 Å². The highest BCUT2D eigenvalue weighted by Gasteiger charge is 2.13. The predicted octanol–water partition coefficient (Wildman–Crippen LogP) is 5.30. The second-order valence-electron chi connectivity index (χ2n) is 12.4. The Morgan fingerprint density at radius 1 is 0.667 bits per heavy atom. The minimum atomic E-state index is -0.658. The third kappa shape index (κ3) is 10.4. The van der Waals surface area contributed by atoms with Crippen molar-refractivity contribution in [3.8, 4) is 0 Å². The maximum atomic E-state index is 12.7. The summed E-state index contributed by atoms with van der Waals surface area (Å²) in [5.41, 5.74) is 4.20. The van der Waals surface area contributed by atoms with Gasteiger partial charge < -0.3 is 8.83 Å². The number of alkyl halides is 1. The summed E-state index contributed by atoms with van der Waals surface area (Å²) in [5, 5.41) is 13.3. The highest BCUT2D eigenvalue weighted by atomic mass is 79.9. The zero-order valence-electron chi connectivity index (χ0n) is 30.4. The van der Waals surface area contributed by atoms with Gasteiger partial charge in [0.2, 0.25) is 11.8 Å². The number of hydrogen-bond acceptors (Lipinski definition) is 12. The fraction of sp³-hybridized carbons (Fsp3) is 0.211. The molecule has 0 saturated carbocycles. The molecule has 19 heteroatoms. The quantitative estimate of drug-likeness (QED) is 0.184.